The van der Waals surface area contributed by atoms with E-state index in [2.05, 4.69) is 16.2 Å². The van der Waals surface area contributed by atoms with Gasteiger partial charge in [-0.1, -0.05) is 65.8 Å². The Morgan fingerprint density at radius 3 is 2.58 bits per heavy atom. The maximum absolute atomic E-state index is 13.8. The summed E-state index contributed by atoms with van der Waals surface area (Å²) in [6.07, 6.45) is 7.06. The van der Waals surface area contributed by atoms with Crippen molar-refractivity contribution in [1.82, 2.24) is 4.57 Å². The van der Waals surface area contributed by atoms with E-state index in [-0.39, 0.29) is 12.2 Å². The van der Waals surface area contributed by atoms with Gasteiger partial charge in [0.25, 0.3) is 11.5 Å². The van der Waals surface area contributed by atoms with Crippen LogP contribution in [0.1, 0.15) is 24.1 Å². The number of allylic oxidation sites excluding steroid dienone is 1. The third-order valence-electron chi connectivity index (χ3n) is 6.00. The summed E-state index contributed by atoms with van der Waals surface area (Å²) in [6, 6.07) is 21.3. The molecule has 1 N–H and O–H groups in total. The van der Waals surface area contributed by atoms with E-state index in [9.17, 15) is 14.0 Å². The molecule has 2 heterocycles. The first-order valence-corrected chi connectivity index (χ1v) is 12.6. The summed E-state index contributed by atoms with van der Waals surface area (Å²) in [5.41, 5.74) is 2.33. The first-order valence-electron chi connectivity index (χ1n) is 11.8. The smallest absolute Gasteiger partial charge is 0.271 e. The number of anilines is 1. The molecule has 1 aromatic heterocycles. The predicted octanol–water partition coefficient (Wildman–Crippen LogP) is 4.03. The van der Waals surface area contributed by atoms with Gasteiger partial charge in [-0.15, -0.1) is 6.42 Å². The quantitative estimate of drug-likeness (QED) is 0.388. The van der Waals surface area contributed by atoms with Gasteiger partial charge in [0.1, 0.15) is 18.2 Å². The highest BCUT2D eigenvalue weighted by atomic mass is 32.1. The van der Waals surface area contributed by atoms with Crippen LogP contribution in [-0.4, -0.2) is 17.1 Å². The molecule has 1 aliphatic rings. The van der Waals surface area contributed by atoms with Crippen LogP contribution in [0.4, 0.5) is 10.1 Å². The number of amides is 1. The highest BCUT2D eigenvalue weighted by Gasteiger charge is 2.32. The second-order valence-corrected chi connectivity index (χ2v) is 9.49. The number of ether oxygens (including phenoxy) is 1. The van der Waals surface area contributed by atoms with Crippen LogP contribution in [0.15, 0.2) is 99.9 Å². The maximum atomic E-state index is 13.8. The average Bonchev–Trinajstić information content (AvgIpc) is 3.22. The molecule has 188 valence electrons. The van der Waals surface area contributed by atoms with Crippen molar-refractivity contribution >= 4 is 29.0 Å². The van der Waals surface area contributed by atoms with E-state index in [1.807, 2.05) is 36.4 Å². The van der Waals surface area contributed by atoms with Crippen molar-refractivity contribution in [2.24, 2.45) is 4.99 Å². The molecule has 0 saturated heterocycles. The van der Waals surface area contributed by atoms with Crippen molar-refractivity contribution in [3.63, 3.8) is 0 Å². The maximum Gasteiger partial charge on any atom is 0.271 e. The summed E-state index contributed by atoms with van der Waals surface area (Å²) in [7, 11) is 0. The molecule has 38 heavy (non-hydrogen) atoms. The molecule has 1 atom stereocenters. The predicted molar refractivity (Wildman–Crippen MR) is 146 cm³/mol. The Morgan fingerprint density at radius 1 is 1.13 bits per heavy atom. The second-order valence-electron chi connectivity index (χ2n) is 8.48. The van der Waals surface area contributed by atoms with E-state index < -0.39 is 17.8 Å². The van der Waals surface area contributed by atoms with E-state index in [0.717, 1.165) is 0 Å². The molecule has 1 aliphatic heterocycles. The molecule has 0 saturated carbocycles. The van der Waals surface area contributed by atoms with Crippen molar-refractivity contribution in [2.75, 3.05) is 11.9 Å². The SMILES string of the molecule is C#CCOc1ccccc1/C=c1\sc2n(c1=O)C(c1ccc(F)cc1)C(C(=O)Nc1ccccc1)=C(C)N=2. The number of nitrogens with zero attached hydrogens (tertiary/aromatic N) is 2. The number of para-hydroxylation sites is 2. The van der Waals surface area contributed by atoms with Crippen molar-refractivity contribution < 1.29 is 13.9 Å². The largest absolute Gasteiger partial charge is 0.480 e. The molecule has 6 nitrogen and oxygen atoms in total. The highest BCUT2D eigenvalue weighted by molar-refractivity contribution is 7.07. The summed E-state index contributed by atoms with van der Waals surface area (Å²) in [4.78, 5) is 32.4. The Hall–Kier alpha value is -4.74. The van der Waals surface area contributed by atoms with Crippen LogP contribution < -0.4 is 24.9 Å². The van der Waals surface area contributed by atoms with E-state index >= 15 is 0 Å². The molecular weight excluding hydrogens is 501 g/mol. The number of carbonyl (C=O) groups excluding carboxylic acids is 1. The van der Waals surface area contributed by atoms with E-state index in [0.29, 0.717) is 43.2 Å². The number of rotatable bonds is 6. The number of thiazole rings is 1. The summed E-state index contributed by atoms with van der Waals surface area (Å²) in [6.45, 7) is 1.83. The van der Waals surface area contributed by atoms with Crippen molar-refractivity contribution in [3.05, 3.63) is 127 Å². The number of aromatic nitrogens is 1. The standard InChI is InChI=1S/C30H22FN3O3S/c1-3-17-37-24-12-8-7-9-21(24)18-25-29(36)34-27(20-13-15-22(31)16-14-20)26(19(2)32-30(34)38-25)28(35)33-23-10-5-4-6-11-23/h1,4-16,18,27H,17H2,2H3,(H,33,35)/b25-18-. The van der Waals surface area contributed by atoms with Gasteiger partial charge in [0.2, 0.25) is 0 Å². The van der Waals surface area contributed by atoms with Gasteiger partial charge >= 0.3 is 0 Å². The minimum atomic E-state index is -0.800. The lowest BCUT2D eigenvalue weighted by molar-refractivity contribution is -0.113. The number of halogens is 1. The Balaban J connectivity index is 1.66. The van der Waals surface area contributed by atoms with Gasteiger partial charge in [0, 0.05) is 11.3 Å². The number of carbonyl (C=O) groups is 1. The van der Waals surface area contributed by atoms with Gasteiger partial charge in [0.15, 0.2) is 4.80 Å². The molecule has 4 aromatic rings. The summed E-state index contributed by atoms with van der Waals surface area (Å²) in [5.74, 6) is 2.18. The molecular formula is C30H22FN3O3S. The number of terminal acetylenes is 1. The number of hydrogen-bond donors (Lipinski definition) is 1. The topological polar surface area (TPSA) is 72.7 Å². The fourth-order valence-corrected chi connectivity index (χ4v) is 5.32. The minimum Gasteiger partial charge on any atom is -0.480 e. The van der Waals surface area contributed by atoms with E-state index in [1.54, 1.807) is 43.3 Å². The summed E-state index contributed by atoms with van der Waals surface area (Å²) < 4.78 is 21.3. The fourth-order valence-electron chi connectivity index (χ4n) is 4.28. The molecule has 5 rings (SSSR count). The number of hydrogen-bond acceptors (Lipinski definition) is 5. The van der Waals surface area contributed by atoms with E-state index in [4.69, 9.17) is 11.2 Å². The van der Waals surface area contributed by atoms with Gasteiger partial charge in [-0.05, 0) is 48.9 Å². The van der Waals surface area contributed by atoms with Crippen LogP contribution in [0.25, 0.3) is 6.08 Å². The van der Waals surface area contributed by atoms with Gasteiger partial charge in [0.05, 0.1) is 21.8 Å². The zero-order chi connectivity index (χ0) is 26.6. The van der Waals surface area contributed by atoms with Crippen molar-refractivity contribution in [2.45, 2.75) is 13.0 Å². The number of nitrogens with one attached hydrogen (secondary N) is 1. The molecule has 8 heteroatoms. The molecule has 0 spiro atoms. The highest BCUT2D eigenvalue weighted by Crippen LogP contribution is 2.31. The van der Waals surface area contributed by atoms with Crippen molar-refractivity contribution in [1.29, 1.82) is 0 Å². The lowest BCUT2D eigenvalue weighted by atomic mass is 9.95. The lowest BCUT2D eigenvalue weighted by Crippen LogP contribution is -2.40. The molecule has 0 fully saturated rings. The van der Waals surface area contributed by atoms with Gasteiger partial charge in [-0.3, -0.25) is 14.2 Å². The van der Waals surface area contributed by atoms with Gasteiger partial charge < -0.3 is 10.1 Å². The van der Waals surface area contributed by atoms with Crippen LogP contribution in [0.2, 0.25) is 0 Å². The van der Waals surface area contributed by atoms with Crippen LogP contribution >= 0.6 is 11.3 Å². The second kappa shape index (κ2) is 10.7. The first-order chi connectivity index (χ1) is 18.5. The molecule has 1 unspecified atom stereocenters. The Kier molecular flexibility index (Phi) is 7.03. The number of benzene rings is 3. The number of fused-ring (bicyclic) bond motifs is 1. The van der Waals surface area contributed by atoms with E-state index in [1.165, 1.54) is 28.0 Å². The van der Waals surface area contributed by atoms with Crippen molar-refractivity contribution in [3.8, 4) is 18.1 Å². The lowest BCUT2D eigenvalue weighted by Gasteiger charge is -2.25. The van der Waals surface area contributed by atoms with Crippen LogP contribution in [0.3, 0.4) is 0 Å². The van der Waals surface area contributed by atoms with Gasteiger partial charge in [-0.25, -0.2) is 9.38 Å². The van der Waals surface area contributed by atoms with Crippen LogP contribution in [-0.2, 0) is 4.79 Å². The van der Waals surface area contributed by atoms with Crippen LogP contribution in [0.5, 0.6) is 5.75 Å². The van der Waals surface area contributed by atoms with Crippen LogP contribution in [0, 0.1) is 18.2 Å². The Labute approximate surface area is 222 Å². The fraction of sp³-hybridized carbons (Fsp3) is 0.100. The summed E-state index contributed by atoms with van der Waals surface area (Å²) >= 11 is 1.20. The monoisotopic (exact) mass is 523 g/mol. The molecule has 0 aliphatic carbocycles. The zero-order valence-corrected chi connectivity index (χ0v) is 21.2. The minimum absolute atomic E-state index is 0.0930. The zero-order valence-electron chi connectivity index (χ0n) is 20.4. The average molecular weight is 524 g/mol. The Morgan fingerprint density at radius 2 is 1.84 bits per heavy atom. The molecule has 1 amide bonds. The molecule has 0 bridgehead atoms. The van der Waals surface area contributed by atoms with Gasteiger partial charge in [-0.2, -0.15) is 0 Å². The normalized spacial score (nSPS) is 14.9. The molecule has 3 aromatic carbocycles. The third-order valence-corrected chi connectivity index (χ3v) is 6.98. The third kappa shape index (κ3) is 4.92. The molecule has 0 radical (unpaired) electrons. The Bertz CT molecular complexity index is 1760. The summed E-state index contributed by atoms with van der Waals surface area (Å²) in [5, 5.41) is 2.89. The first kappa shape index (κ1) is 24.9.